The molecule has 0 aromatic heterocycles. The van der Waals surface area contributed by atoms with Gasteiger partial charge in [-0.05, 0) is 39.7 Å². The Hall–Kier alpha value is -2.08. The maximum Gasteiger partial charge on any atom is 0.407 e. The first-order chi connectivity index (χ1) is 11.2. The van der Waals surface area contributed by atoms with Crippen molar-refractivity contribution in [3.05, 3.63) is 35.9 Å². The van der Waals surface area contributed by atoms with Crippen LogP contribution in [0.15, 0.2) is 30.3 Å². The number of hydrogen-bond donors (Lipinski definition) is 2. The molecule has 0 fully saturated rings. The Morgan fingerprint density at radius 2 is 1.83 bits per heavy atom. The van der Waals surface area contributed by atoms with Gasteiger partial charge in [-0.15, -0.1) is 0 Å². The highest BCUT2D eigenvalue weighted by Crippen LogP contribution is 2.12. The maximum absolute atomic E-state index is 12.0. The minimum absolute atomic E-state index is 0.193. The minimum Gasteiger partial charge on any atom is -0.466 e. The number of ether oxygens (including phenoxy) is 2. The summed E-state index contributed by atoms with van der Waals surface area (Å²) >= 11 is 0. The Labute approximate surface area is 143 Å². The number of rotatable bonds is 7. The molecule has 0 saturated carbocycles. The van der Waals surface area contributed by atoms with E-state index in [4.69, 9.17) is 9.47 Å². The monoisotopic (exact) mass is 337 g/mol. The zero-order valence-electron chi connectivity index (χ0n) is 14.7. The first-order valence-corrected chi connectivity index (χ1v) is 8.08. The van der Waals surface area contributed by atoms with Crippen LogP contribution in [0.25, 0.3) is 0 Å². The number of aliphatic hydroxyl groups excluding tert-OH is 1. The summed E-state index contributed by atoms with van der Waals surface area (Å²) in [5, 5.41) is 13.0. The van der Waals surface area contributed by atoms with Gasteiger partial charge in [0.1, 0.15) is 5.60 Å². The van der Waals surface area contributed by atoms with E-state index in [0.717, 1.165) is 5.56 Å². The van der Waals surface area contributed by atoms with E-state index in [2.05, 4.69) is 5.32 Å². The molecule has 0 heterocycles. The molecule has 1 amide bonds. The van der Waals surface area contributed by atoms with Crippen molar-refractivity contribution in [3.8, 4) is 0 Å². The van der Waals surface area contributed by atoms with Crippen LogP contribution in [0.5, 0.6) is 0 Å². The fraction of sp³-hybridized carbons (Fsp3) is 0.556. The van der Waals surface area contributed by atoms with Crippen LogP contribution in [0.2, 0.25) is 0 Å². The number of nitrogens with one attached hydrogen (secondary N) is 1. The Morgan fingerprint density at radius 3 is 2.38 bits per heavy atom. The van der Waals surface area contributed by atoms with Gasteiger partial charge in [-0.2, -0.15) is 0 Å². The molecule has 134 valence electrons. The van der Waals surface area contributed by atoms with Gasteiger partial charge in [0.2, 0.25) is 0 Å². The predicted molar refractivity (Wildman–Crippen MR) is 90.6 cm³/mol. The molecule has 0 aliphatic carbocycles. The van der Waals surface area contributed by atoms with E-state index in [0.29, 0.717) is 6.42 Å². The number of benzene rings is 1. The highest BCUT2D eigenvalue weighted by atomic mass is 16.6. The fourth-order valence-electron chi connectivity index (χ4n) is 2.14. The van der Waals surface area contributed by atoms with Crippen LogP contribution in [0.4, 0.5) is 4.79 Å². The van der Waals surface area contributed by atoms with Crippen molar-refractivity contribution in [2.75, 3.05) is 6.61 Å². The van der Waals surface area contributed by atoms with Gasteiger partial charge >= 0.3 is 12.1 Å². The molecule has 2 atom stereocenters. The van der Waals surface area contributed by atoms with Gasteiger partial charge in [0.15, 0.2) is 0 Å². The molecule has 0 radical (unpaired) electrons. The van der Waals surface area contributed by atoms with Crippen molar-refractivity contribution in [2.24, 2.45) is 0 Å². The zero-order valence-corrected chi connectivity index (χ0v) is 14.7. The minimum atomic E-state index is -1.07. The molecule has 0 spiro atoms. The highest BCUT2D eigenvalue weighted by molar-refractivity contribution is 5.71. The van der Waals surface area contributed by atoms with E-state index in [1.54, 1.807) is 27.7 Å². The van der Waals surface area contributed by atoms with Crippen molar-refractivity contribution in [1.29, 1.82) is 0 Å². The molecule has 0 unspecified atom stereocenters. The second kappa shape index (κ2) is 9.27. The third kappa shape index (κ3) is 7.97. The number of alkyl carbamates (subject to hydrolysis) is 1. The SMILES string of the molecule is CCOC(=O)C[C@@H](O)[C@@H](Cc1ccccc1)NC(=O)OC(C)(C)C. The summed E-state index contributed by atoms with van der Waals surface area (Å²) in [6.07, 6.45) is -1.52. The van der Waals surface area contributed by atoms with Crippen LogP contribution >= 0.6 is 0 Å². The molecule has 2 N–H and O–H groups in total. The van der Waals surface area contributed by atoms with E-state index in [1.165, 1.54) is 0 Å². The topological polar surface area (TPSA) is 84.9 Å². The molecular weight excluding hydrogens is 310 g/mol. The smallest absolute Gasteiger partial charge is 0.407 e. The van der Waals surface area contributed by atoms with Crippen LogP contribution in [0.3, 0.4) is 0 Å². The second-order valence-corrected chi connectivity index (χ2v) is 6.52. The number of carbonyl (C=O) groups is 2. The molecular formula is C18H27NO5. The summed E-state index contributed by atoms with van der Waals surface area (Å²) in [5.74, 6) is -0.506. The molecule has 0 bridgehead atoms. The van der Waals surface area contributed by atoms with Gasteiger partial charge in [0, 0.05) is 0 Å². The number of aliphatic hydroxyl groups is 1. The molecule has 0 aliphatic rings. The van der Waals surface area contributed by atoms with Gasteiger partial charge < -0.3 is 19.9 Å². The molecule has 6 heteroatoms. The molecule has 6 nitrogen and oxygen atoms in total. The predicted octanol–water partition coefficient (Wildman–Crippen LogP) is 2.44. The Morgan fingerprint density at radius 1 is 1.21 bits per heavy atom. The Bertz CT molecular complexity index is 524. The third-order valence-corrected chi connectivity index (χ3v) is 3.15. The van der Waals surface area contributed by atoms with Gasteiger partial charge in [-0.1, -0.05) is 30.3 Å². The quantitative estimate of drug-likeness (QED) is 0.747. The Balaban J connectivity index is 2.78. The van der Waals surface area contributed by atoms with Crippen LogP contribution in [0, 0.1) is 0 Å². The molecule has 1 aromatic carbocycles. The van der Waals surface area contributed by atoms with Crippen molar-refractivity contribution in [1.82, 2.24) is 5.32 Å². The van der Waals surface area contributed by atoms with Crippen molar-refractivity contribution in [3.63, 3.8) is 0 Å². The summed E-state index contributed by atoms with van der Waals surface area (Å²) in [7, 11) is 0. The molecule has 0 saturated heterocycles. The van der Waals surface area contributed by atoms with E-state index in [9.17, 15) is 14.7 Å². The fourth-order valence-corrected chi connectivity index (χ4v) is 2.14. The average Bonchev–Trinajstić information content (AvgIpc) is 2.45. The zero-order chi connectivity index (χ0) is 18.2. The first kappa shape index (κ1) is 20.0. The van der Waals surface area contributed by atoms with Gasteiger partial charge in [0.05, 0.1) is 25.2 Å². The summed E-state index contributed by atoms with van der Waals surface area (Å²) in [4.78, 5) is 23.6. The lowest BCUT2D eigenvalue weighted by Crippen LogP contribution is -2.47. The first-order valence-electron chi connectivity index (χ1n) is 8.08. The van der Waals surface area contributed by atoms with Crippen molar-refractivity contribution >= 4 is 12.1 Å². The molecule has 1 aromatic rings. The summed E-state index contributed by atoms with van der Waals surface area (Å²) < 4.78 is 10.1. The number of hydrogen-bond acceptors (Lipinski definition) is 5. The number of esters is 1. The van der Waals surface area contributed by atoms with Crippen LogP contribution < -0.4 is 5.32 Å². The Kier molecular flexibility index (Phi) is 7.71. The van der Waals surface area contributed by atoms with E-state index < -0.39 is 29.8 Å². The standard InChI is InChI=1S/C18H27NO5/c1-5-23-16(21)12-15(20)14(11-13-9-7-6-8-10-13)19-17(22)24-18(2,3)4/h6-10,14-15,20H,5,11-12H2,1-4H3,(H,19,22)/t14-,15-/m1/s1. The molecule has 1 rings (SSSR count). The lowest BCUT2D eigenvalue weighted by atomic mass is 9.99. The van der Waals surface area contributed by atoms with Crippen LogP contribution in [-0.2, 0) is 20.7 Å². The third-order valence-electron chi connectivity index (χ3n) is 3.15. The largest absolute Gasteiger partial charge is 0.466 e. The average molecular weight is 337 g/mol. The van der Waals surface area contributed by atoms with Crippen LogP contribution in [0.1, 0.15) is 39.7 Å². The summed E-state index contributed by atoms with van der Waals surface area (Å²) in [6.45, 7) is 7.22. The maximum atomic E-state index is 12.0. The second-order valence-electron chi connectivity index (χ2n) is 6.52. The van der Waals surface area contributed by atoms with E-state index in [-0.39, 0.29) is 13.0 Å². The van der Waals surface area contributed by atoms with Gasteiger partial charge in [-0.25, -0.2) is 4.79 Å². The van der Waals surface area contributed by atoms with E-state index in [1.807, 2.05) is 30.3 Å². The highest BCUT2D eigenvalue weighted by Gasteiger charge is 2.27. The van der Waals surface area contributed by atoms with E-state index >= 15 is 0 Å². The van der Waals surface area contributed by atoms with Crippen molar-refractivity contribution in [2.45, 2.75) is 58.3 Å². The van der Waals surface area contributed by atoms with Gasteiger partial charge in [0.25, 0.3) is 0 Å². The lowest BCUT2D eigenvalue weighted by Gasteiger charge is -2.26. The molecule has 0 aliphatic heterocycles. The summed E-state index contributed by atoms with van der Waals surface area (Å²) in [6, 6.07) is 8.75. The summed E-state index contributed by atoms with van der Waals surface area (Å²) in [5.41, 5.74) is 0.287. The number of carbonyl (C=O) groups excluding carboxylic acids is 2. The molecule has 24 heavy (non-hydrogen) atoms. The normalized spacial score (nSPS) is 13.7. The van der Waals surface area contributed by atoms with Gasteiger partial charge in [-0.3, -0.25) is 4.79 Å². The lowest BCUT2D eigenvalue weighted by molar-refractivity contribution is -0.145. The number of amides is 1. The van der Waals surface area contributed by atoms with Crippen molar-refractivity contribution < 1.29 is 24.2 Å². The van der Waals surface area contributed by atoms with Crippen LogP contribution in [-0.4, -0.2) is 41.5 Å².